The number of nitrogens with one attached hydrogen (secondary N) is 1. The molecule has 114 valence electrons. The molecule has 1 N–H and O–H groups in total. The molecule has 2 nitrogen and oxygen atoms in total. The molecule has 22 heavy (non-hydrogen) atoms. The molecule has 0 amide bonds. The van der Waals surface area contributed by atoms with Crippen molar-refractivity contribution in [2.45, 2.75) is 26.2 Å². The number of rotatable bonds is 7. The molecule has 0 radical (unpaired) electrons. The molecule has 0 saturated carbocycles. The van der Waals surface area contributed by atoms with Crippen molar-refractivity contribution in [1.29, 1.82) is 5.41 Å². The van der Waals surface area contributed by atoms with Crippen LogP contribution in [0.2, 0.25) is 0 Å². The van der Waals surface area contributed by atoms with Crippen LogP contribution in [-0.4, -0.2) is 11.5 Å². The fraction of sp³-hybridized carbons (Fsp3) is 0.263. The Hall–Kier alpha value is -1.74. The van der Waals surface area contributed by atoms with Crippen LogP contribution in [0.25, 0.3) is 0 Å². The van der Waals surface area contributed by atoms with Gasteiger partial charge in [0.15, 0.2) is 5.78 Å². The van der Waals surface area contributed by atoms with Gasteiger partial charge in [0.2, 0.25) is 0 Å². The lowest BCUT2D eigenvalue weighted by molar-refractivity contribution is 0.0970. The van der Waals surface area contributed by atoms with Gasteiger partial charge in [0.05, 0.1) is 0 Å². The van der Waals surface area contributed by atoms with Crippen molar-refractivity contribution >= 4 is 27.4 Å². The van der Waals surface area contributed by atoms with E-state index in [2.05, 4.69) is 15.9 Å². The lowest BCUT2D eigenvalue weighted by atomic mass is 9.89. The molecular formula is C19H20BrNO. The highest BCUT2D eigenvalue weighted by Gasteiger charge is 2.18. The minimum absolute atomic E-state index is 0.0105. The molecule has 2 aromatic carbocycles. The molecule has 1 unspecified atom stereocenters. The summed E-state index contributed by atoms with van der Waals surface area (Å²) in [6, 6.07) is 17.4. The summed E-state index contributed by atoms with van der Waals surface area (Å²) in [6.45, 7) is 2.04. The molecule has 0 heterocycles. The first-order chi connectivity index (χ1) is 10.6. The number of halogens is 1. The van der Waals surface area contributed by atoms with Crippen LogP contribution < -0.4 is 0 Å². The van der Waals surface area contributed by atoms with Gasteiger partial charge in [-0.3, -0.25) is 4.79 Å². The molecule has 0 bridgehead atoms. The van der Waals surface area contributed by atoms with Gasteiger partial charge in [0.1, 0.15) is 0 Å². The highest BCUT2D eigenvalue weighted by Crippen LogP contribution is 2.18. The predicted molar refractivity (Wildman–Crippen MR) is 94.7 cm³/mol. The smallest absolute Gasteiger partial charge is 0.163 e. The number of Topliss-reactive ketones (excluding diaryl/α,β-unsaturated/α-hetero) is 1. The van der Waals surface area contributed by atoms with Crippen LogP contribution in [0.5, 0.6) is 0 Å². The van der Waals surface area contributed by atoms with E-state index < -0.39 is 0 Å². The van der Waals surface area contributed by atoms with Crippen molar-refractivity contribution < 1.29 is 4.79 Å². The molecule has 0 saturated heterocycles. The molecule has 0 aromatic heterocycles. The molecule has 0 aliphatic heterocycles. The number of ketones is 1. The summed E-state index contributed by atoms with van der Waals surface area (Å²) >= 11 is 3.37. The van der Waals surface area contributed by atoms with Crippen LogP contribution in [0.15, 0.2) is 59.1 Å². The Kier molecular flexibility index (Phi) is 6.08. The number of hydrogen-bond donors (Lipinski definition) is 1. The monoisotopic (exact) mass is 357 g/mol. The van der Waals surface area contributed by atoms with E-state index in [1.807, 2.05) is 61.5 Å². The van der Waals surface area contributed by atoms with Crippen LogP contribution in [0.4, 0.5) is 0 Å². The molecule has 2 aromatic rings. The van der Waals surface area contributed by atoms with Gasteiger partial charge in [-0.2, -0.15) is 0 Å². The zero-order valence-corrected chi connectivity index (χ0v) is 14.3. The molecule has 0 spiro atoms. The molecule has 3 heteroatoms. The van der Waals surface area contributed by atoms with Gasteiger partial charge in [-0.15, -0.1) is 0 Å². The van der Waals surface area contributed by atoms with Crippen molar-refractivity contribution in [1.82, 2.24) is 0 Å². The van der Waals surface area contributed by atoms with Gasteiger partial charge in [0.25, 0.3) is 0 Å². The largest absolute Gasteiger partial charge is 0.309 e. The quantitative estimate of drug-likeness (QED) is 0.529. The normalized spacial score (nSPS) is 11.9. The Labute approximate surface area is 140 Å². The number of carbonyl (C=O) groups excluding carboxylic acids is 1. The van der Waals surface area contributed by atoms with Gasteiger partial charge < -0.3 is 5.41 Å². The number of hydrogen-bond acceptors (Lipinski definition) is 2. The van der Waals surface area contributed by atoms with Crippen molar-refractivity contribution in [2.75, 3.05) is 0 Å². The summed E-state index contributed by atoms with van der Waals surface area (Å²) in [5.74, 6) is 0.119. The van der Waals surface area contributed by atoms with Crippen LogP contribution in [0.3, 0.4) is 0 Å². The molecule has 0 aliphatic rings. The first kappa shape index (κ1) is 16.6. The van der Waals surface area contributed by atoms with Crippen LogP contribution >= 0.6 is 15.9 Å². The van der Waals surface area contributed by atoms with Gasteiger partial charge in [-0.05, 0) is 24.1 Å². The van der Waals surface area contributed by atoms with Crippen molar-refractivity contribution in [3.63, 3.8) is 0 Å². The van der Waals surface area contributed by atoms with Crippen LogP contribution in [-0.2, 0) is 6.42 Å². The van der Waals surface area contributed by atoms with Crippen molar-refractivity contribution in [3.05, 3.63) is 70.2 Å². The molecule has 2 rings (SSSR count). The Morgan fingerprint density at radius 3 is 2.32 bits per heavy atom. The van der Waals surface area contributed by atoms with Gasteiger partial charge >= 0.3 is 0 Å². The maximum absolute atomic E-state index is 12.4. The second kappa shape index (κ2) is 8.04. The first-order valence-corrected chi connectivity index (χ1v) is 8.29. The maximum atomic E-state index is 12.4. The zero-order chi connectivity index (χ0) is 15.9. The Balaban J connectivity index is 2.00. The predicted octanol–water partition coefficient (Wildman–Crippen LogP) is 5.31. The van der Waals surface area contributed by atoms with E-state index in [1.54, 1.807) is 0 Å². The average Bonchev–Trinajstić information content (AvgIpc) is 2.53. The van der Waals surface area contributed by atoms with E-state index in [0.717, 1.165) is 16.5 Å². The second-order valence-electron chi connectivity index (χ2n) is 5.43. The van der Waals surface area contributed by atoms with Gasteiger partial charge in [-0.25, -0.2) is 0 Å². The fourth-order valence-electron chi connectivity index (χ4n) is 2.45. The van der Waals surface area contributed by atoms with E-state index in [-0.39, 0.29) is 11.7 Å². The van der Waals surface area contributed by atoms with Gasteiger partial charge in [0, 0.05) is 34.5 Å². The topological polar surface area (TPSA) is 40.9 Å². The third-order valence-electron chi connectivity index (χ3n) is 3.82. The Morgan fingerprint density at radius 1 is 1.09 bits per heavy atom. The van der Waals surface area contributed by atoms with Gasteiger partial charge in [-0.1, -0.05) is 65.3 Å². The SMILES string of the molecule is CCC(CC(=O)c1ccc(Br)cc1)C(=N)Cc1ccccc1. The molecule has 1 atom stereocenters. The summed E-state index contributed by atoms with van der Waals surface area (Å²) in [5.41, 5.74) is 2.48. The summed E-state index contributed by atoms with van der Waals surface area (Å²) in [4.78, 5) is 12.4. The standard InChI is InChI=1S/C19H20BrNO/c1-2-15(18(21)12-14-6-4-3-5-7-14)13-19(22)16-8-10-17(20)11-9-16/h3-11,15,21H,2,12-13H2,1H3. The third-order valence-corrected chi connectivity index (χ3v) is 4.35. The van der Waals surface area contributed by atoms with E-state index in [1.165, 1.54) is 0 Å². The van der Waals surface area contributed by atoms with Crippen LogP contribution in [0, 0.1) is 11.3 Å². The maximum Gasteiger partial charge on any atom is 0.163 e. The van der Waals surface area contributed by atoms with Crippen molar-refractivity contribution in [3.8, 4) is 0 Å². The average molecular weight is 358 g/mol. The van der Waals surface area contributed by atoms with Crippen molar-refractivity contribution in [2.24, 2.45) is 5.92 Å². The first-order valence-electron chi connectivity index (χ1n) is 7.50. The lowest BCUT2D eigenvalue weighted by Gasteiger charge is -2.16. The molecule has 0 aliphatic carbocycles. The fourth-order valence-corrected chi connectivity index (χ4v) is 2.72. The summed E-state index contributed by atoms with van der Waals surface area (Å²) in [5, 5.41) is 8.31. The lowest BCUT2D eigenvalue weighted by Crippen LogP contribution is -2.19. The van der Waals surface area contributed by atoms with E-state index in [9.17, 15) is 4.79 Å². The highest BCUT2D eigenvalue weighted by molar-refractivity contribution is 9.10. The van der Waals surface area contributed by atoms with E-state index >= 15 is 0 Å². The number of carbonyl (C=O) groups is 1. The minimum Gasteiger partial charge on any atom is -0.309 e. The van der Waals surface area contributed by atoms with E-state index in [4.69, 9.17) is 5.41 Å². The summed E-state index contributed by atoms with van der Waals surface area (Å²) < 4.78 is 0.966. The summed E-state index contributed by atoms with van der Waals surface area (Å²) in [7, 11) is 0. The Morgan fingerprint density at radius 2 is 1.73 bits per heavy atom. The molecular weight excluding hydrogens is 338 g/mol. The zero-order valence-electron chi connectivity index (χ0n) is 12.7. The second-order valence-corrected chi connectivity index (χ2v) is 6.34. The summed E-state index contributed by atoms with van der Waals surface area (Å²) in [6.07, 6.45) is 1.84. The Bertz CT molecular complexity index is 634. The minimum atomic E-state index is 0.0105. The van der Waals surface area contributed by atoms with Crippen LogP contribution in [0.1, 0.15) is 35.7 Å². The van der Waals surface area contributed by atoms with E-state index in [0.29, 0.717) is 24.1 Å². The number of benzene rings is 2. The molecule has 0 fully saturated rings. The highest BCUT2D eigenvalue weighted by atomic mass is 79.9. The third kappa shape index (κ3) is 4.63.